The van der Waals surface area contributed by atoms with Crippen molar-refractivity contribution >= 4 is 28.8 Å². The van der Waals surface area contributed by atoms with E-state index in [1.165, 1.54) is 0 Å². The van der Waals surface area contributed by atoms with Crippen LogP contribution in [0.3, 0.4) is 0 Å². The van der Waals surface area contributed by atoms with Crippen LogP contribution in [0.1, 0.15) is 27.8 Å². The van der Waals surface area contributed by atoms with Gasteiger partial charge >= 0.3 is 0 Å². The monoisotopic (exact) mass is 559 g/mol. The summed E-state index contributed by atoms with van der Waals surface area (Å²) in [6, 6.07) is 36.7. The van der Waals surface area contributed by atoms with Gasteiger partial charge in [-0.3, -0.25) is 5.41 Å². The zero-order valence-corrected chi connectivity index (χ0v) is 23.3. The summed E-state index contributed by atoms with van der Waals surface area (Å²) in [6.45, 7) is 2.87. The summed E-state index contributed by atoms with van der Waals surface area (Å²) in [5, 5.41) is 13.5. The quantitative estimate of drug-likeness (QED) is 0.124. The van der Waals surface area contributed by atoms with Gasteiger partial charge in [0.1, 0.15) is 16.5 Å². The van der Waals surface area contributed by atoms with Gasteiger partial charge in [0.25, 0.3) is 0 Å². The third-order valence-electron chi connectivity index (χ3n) is 7.45. The molecule has 6 nitrogen and oxygen atoms in total. The number of nitrogens with zero attached hydrogens (tertiary/aromatic N) is 3. The minimum Gasteiger partial charge on any atom is -0.378 e. The van der Waals surface area contributed by atoms with Gasteiger partial charge in [-0.2, -0.15) is 0 Å². The number of pyridine rings is 2. The molecule has 6 rings (SSSR count). The summed E-state index contributed by atoms with van der Waals surface area (Å²) >= 11 is 6.45. The van der Waals surface area contributed by atoms with Crippen molar-refractivity contribution in [3.63, 3.8) is 0 Å². The summed E-state index contributed by atoms with van der Waals surface area (Å²) in [7, 11) is 0. The van der Waals surface area contributed by atoms with Crippen LogP contribution >= 0.6 is 11.6 Å². The Morgan fingerprint density at radius 3 is 1.90 bits per heavy atom. The summed E-state index contributed by atoms with van der Waals surface area (Å²) < 4.78 is 5.51. The third kappa shape index (κ3) is 5.44. The molecule has 0 aliphatic carbocycles. The molecule has 204 valence electrons. The van der Waals surface area contributed by atoms with Crippen LogP contribution in [0.15, 0.2) is 122 Å². The van der Waals surface area contributed by atoms with Crippen molar-refractivity contribution in [2.75, 3.05) is 36.5 Å². The van der Waals surface area contributed by atoms with Crippen molar-refractivity contribution in [2.45, 2.75) is 5.54 Å². The smallest absolute Gasteiger partial charge is 0.129 e. The maximum absolute atomic E-state index is 9.34. The number of halogens is 1. The molecule has 2 aromatic heterocycles. The van der Waals surface area contributed by atoms with E-state index in [1.54, 1.807) is 18.5 Å². The van der Waals surface area contributed by atoms with E-state index in [0.29, 0.717) is 35.3 Å². The van der Waals surface area contributed by atoms with E-state index in [2.05, 4.69) is 56.6 Å². The Balaban J connectivity index is 1.49. The Hall–Kier alpha value is -4.52. The van der Waals surface area contributed by atoms with Crippen LogP contribution in [0.25, 0.3) is 0 Å². The number of benzene rings is 3. The highest BCUT2D eigenvalue weighted by atomic mass is 35.5. The Bertz CT molecular complexity index is 1530. The van der Waals surface area contributed by atoms with Gasteiger partial charge in [0.2, 0.25) is 0 Å². The minimum atomic E-state index is -0.772. The van der Waals surface area contributed by atoms with Gasteiger partial charge in [-0.05, 0) is 34.9 Å². The van der Waals surface area contributed by atoms with Crippen LogP contribution in [-0.4, -0.2) is 42.0 Å². The van der Waals surface area contributed by atoms with Crippen molar-refractivity contribution in [2.24, 2.45) is 0 Å². The fraction of sp³-hybridized carbons (Fsp3) is 0.147. The van der Waals surface area contributed by atoms with Gasteiger partial charge in [-0.25, -0.2) is 9.97 Å². The first-order valence-electron chi connectivity index (χ1n) is 13.6. The number of nitrogens with one attached hydrogen (secondary N) is 2. The van der Waals surface area contributed by atoms with E-state index in [1.807, 2.05) is 66.7 Å². The van der Waals surface area contributed by atoms with Crippen molar-refractivity contribution in [1.82, 2.24) is 9.97 Å². The van der Waals surface area contributed by atoms with E-state index in [9.17, 15) is 5.41 Å². The molecule has 0 unspecified atom stereocenters. The van der Waals surface area contributed by atoms with Crippen molar-refractivity contribution < 1.29 is 4.74 Å². The average molecular weight is 560 g/mol. The molecule has 3 heterocycles. The highest BCUT2D eigenvalue weighted by molar-refractivity contribution is 6.30. The van der Waals surface area contributed by atoms with Gasteiger partial charge in [0, 0.05) is 30.4 Å². The predicted octanol–water partition coefficient (Wildman–Crippen LogP) is 6.79. The number of morpholine rings is 1. The number of aromatic nitrogens is 2. The van der Waals surface area contributed by atoms with Crippen molar-refractivity contribution in [3.05, 3.63) is 155 Å². The van der Waals surface area contributed by atoms with Gasteiger partial charge in [0.15, 0.2) is 0 Å². The first-order chi connectivity index (χ1) is 20.1. The van der Waals surface area contributed by atoms with Gasteiger partial charge in [0.05, 0.1) is 30.8 Å². The van der Waals surface area contributed by atoms with Gasteiger partial charge in [-0.15, -0.1) is 0 Å². The Kier molecular flexibility index (Phi) is 7.76. The Morgan fingerprint density at radius 1 is 0.780 bits per heavy atom. The molecule has 1 aliphatic rings. The third-order valence-corrected chi connectivity index (χ3v) is 7.66. The zero-order chi connectivity index (χ0) is 28.1. The van der Waals surface area contributed by atoms with Crippen molar-refractivity contribution in [3.8, 4) is 0 Å². The van der Waals surface area contributed by atoms with Crippen LogP contribution in [0.2, 0.25) is 5.15 Å². The molecule has 0 atom stereocenters. The molecule has 5 aromatic rings. The largest absolute Gasteiger partial charge is 0.378 e. The van der Waals surface area contributed by atoms with E-state index in [-0.39, 0.29) is 0 Å². The maximum atomic E-state index is 9.34. The second-order valence-electron chi connectivity index (χ2n) is 9.90. The summed E-state index contributed by atoms with van der Waals surface area (Å²) in [5.41, 5.74) is 4.83. The lowest BCUT2D eigenvalue weighted by atomic mass is 9.76. The van der Waals surface area contributed by atoms with Crippen LogP contribution in [0.4, 0.5) is 11.5 Å². The SMILES string of the molecule is N=C(c1ccnc(N2CCOCC2)c1)c1cc(Cl)ncc1NC(c1ccccc1)(c1ccccc1)c1ccccc1. The van der Waals surface area contributed by atoms with Crippen LogP contribution < -0.4 is 10.2 Å². The maximum Gasteiger partial charge on any atom is 0.129 e. The Morgan fingerprint density at radius 2 is 1.34 bits per heavy atom. The Labute approximate surface area is 245 Å². The summed E-state index contributed by atoms with van der Waals surface area (Å²) in [5.74, 6) is 0.831. The summed E-state index contributed by atoms with van der Waals surface area (Å²) in [6.07, 6.45) is 3.48. The molecule has 1 saturated heterocycles. The lowest BCUT2D eigenvalue weighted by Crippen LogP contribution is -2.38. The topological polar surface area (TPSA) is 74.1 Å². The molecular weight excluding hydrogens is 530 g/mol. The molecule has 0 bridgehead atoms. The molecule has 2 N–H and O–H groups in total. The predicted molar refractivity (Wildman–Crippen MR) is 165 cm³/mol. The lowest BCUT2D eigenvalue weighted by molar-refractivity contribution is 0.122. The first kappa shape index (κ1) is 26.7. The van der Waals surface area contributed by atoms with Crippen molar-refractivity contribution in [1.29, 1.82) is 5.41 Å². The van der Waals surface area contributed by atoms with Crippen LogP contribution in [-0.2, 0) is 10.3 Å². The number of anilines is 2. The standard InChI is InChI=1S/C34H30ClN5O/c35-31-23-29(33(36)25-16-17-37-32(22-25)40-18-20-41-21-19-40)30(24-38-31)39-34(26-10-4-1-5-11-26,27-12-6-2-7-13-27)28-14-8-3-9-15-28/h1-17,22-24,36,39H,18-21H2. The molecule has 0 spiro atoms. The molecule has 1 fully saturated rings. The number of hydrogen-bond acceptors (Lipinski definition) is 6. The molecule has 1 aliphatic heterocycles. The molecular formula is C34H30ClN5O. The molecule has 0 amide bonds. The average Bonchev–Trinajstić information content (AvgIpc) is 3.05. The molecule has 0 radical (unpaired) electrons. The van der Waals surface area contributed by atoms with Crippen LogP contribution in [0.5, 0.6) is 0 Å². The minimum absolute atomic E-state index is 0.322. The number of rotatable bonds is 8. The zero-order valence-electron chi connectivity index (χ0n) is 22.5. The van der Waals surface area contributed by atoms with E-state index >= 15 is 0 Å². The number of ether oxygens (including phenoxy) is 1. The summed E-state index contributed by atoms with van der Waals surface area (Å²) in [4.78, 5) is 11.2. The highest BCUT2D eigenvalue weighted by Gasteiger charge is 2.37. The van der Waals surface area contributed by atoms with Crippen LogP contribution in [0, 0.1) is 5.41 Å². The second-order valence-corrected chi connectivity index (χ2v) is 10.3. The molecule has 7 heteroatoms. The van der Waals surface area contributed by atoms with E-state index in [4.69, 9.17) is 16.3 Å². The van der Waals surface area contributed by atoms with Gasteiger partial charge < -0.3 is 15.0 Å². The van der Waals surface area contributed by atoms with E-state index in [0.717, 1.165) is 41.2 Å². The lowest BCUT2D eigenvalue weighted by Gasteiger charge is -2.38. The molecule has 3 aromatic carbocycles. The normalized spacial score (nSPS) is 13.5. The molecule has 0 saturated carbocycles. The first-order valence-corrected chi connectivity index (χ1v) is 14.0. The fourth-order valence-corrected chi connectivity index (χ4v) is 5.57. The highest BCUT2D eigenvalue weighted by Crippen LogP contribution is 2.41. The van der Waals surface area contributed by atoms with Gasteiger partial charge in [-0.1, -0.05) is 103 Å². The second kappa shape index (κ2) is 11.9. The fourth-order valence-electron chi connectivity index (χ4n) is 5.41. The van der Waals surface area contributed by atoms with E-state index < -0.39 is 5.54 Å². The number of hydrogen-bond donors (Lipinski definition) is 2. The molecule has 41 heavy (non-hydrogen) atoms.